The molecule has 0 spiro atoms. The Morgan fingerprint density at radius 3 is 2.96 bits per heavy atom. The van der Waals surface area contributed by atoms with Crippen LogP contribution in [0.1, 0.15) is 25.5 Å². The van der Waals surface area contributed by atoms with Gasteiger partial charge in [0.05, 0.1) is 24.9 Å². The van der Waals surface area contributed by atoms with Crippen molar-refractivity contribution in [2.75, 3.05) is 13.2 Å². The van der Waals surface area contributed by atoms with E-state index in [1.54, 1.807) is 18.3 Å². The molecule has 1 atom stereocenters. The van der Waals surface area contributed by atoms with Crippen molar-refractivity contribution in [3.8, 4) is 17.1 Å². The van der Waals surface area contributed by atoms with Gasteiger partial charge in [-0.15, -0.1) is 0 Å². The summed E-state index contributed by atoms with van der Waals surface area (Å²) in [7, 11) is 0. The zero-order chi connectivity index (χ0) is 16.5. The summed E-state index contributed by atoms with van der Waals surface area (Å²) in [5, 5.41) is 32.9. The minimum atomic E-state index is -0.105. The third-order valence-corrected chi connectivity index (χ3v) is 4.20. The Balaban J connectivity index is 1.83. The summed E-state index contributed by atoms with van der Waals surface area (Å²) in [6, 6.07) is 5.18. The molecule has 1 saturated heterocycles. The fourth-order valence-corrected chi connectivity index (χ4v) is 3.06. The summed E-state index contributed by atoms with van der Waals surface area (Å²) in [5.41, 5.74) is 2.15. The van der Waals surface area contributed by atoms with Gasteiger partial charge < -0.3 is 14.9 Å². The lowest BCUT2D eigenvalue weighted by molar-refractivity contribution is -0.0365. The number of rotatable bonds is 4. The number of phenols is 1. The molecule has 3 heterocycles. The van der Waals surface area contributed by atoms with Gasteiger partial charge in [-0.05, 0) is 37.5 Å². The average Bonchev–Trinajstić information content (AvgIpc) is 3.20. The molecular formula is C16H19N5O3. The van der Waals surface area contributed by atoms with Crippen LogP contribution in [0.5, 0.6) is 5.75 Å². The van der Waals surface area contributed by atoms with Gasteiger partial charge in [0.1, 0.15) is 17.1 Å². The molecule has 8 heteroatoms. The van der Waals surface area contributed by atoms with Gasteiger partial charge in [-0.25, -0.2) is 4.68 Å². The average molecular weight is 329 g/mol. The molecule has 1 unspecified atom stereocenters. The predicted octanol–water partition coefficient (Wildman–Crippen LogP) is 1.69. The van der Waals surface area contributed by atoms with E-state index in [9.17, 15) is 5.11 Å². The fraction of sp³-hybridized carbons (Fsp3) is 0.438. The van der Waals surface area contributed by atoms with Gasteiger partial charge in [-0.2, -0.15) is 20.1 Å². The molecular weight excluding hydrogens is 310 g/mol. The maximum Gasteiger partial charge on any atom is 0.150 e. The second kappa shape index (κ2) is 6.21. The lowest BCUT2D eigenvalue weighted by atomic mass is 10.1. The van der Waals surface area contributed by atoms with E-state index < -0.39 is 0 Å². The van der Waals surface area contributed by atoms with E-state index in [-0.39, 0.29) is 18.6 Å². The van der Waals surface area contributed by atoms with E-state index >= 15 is 0 Å². The van der Waals surface area contributed by atoms with Gasteiger partial charge in [-0.1, -0.05) is 0 Å². The van der Waals surface area contributed by atoms with Crippen LogP contribution in [0.2, 0.25) is 0 Å². The Hall–Kier alpha value is -2.45. The van der Waals surface area contributed by atoms with Crippen LogP contribution in [0, 0.1) is 0 Å². The van der Waals surface area contributed by atoms with E-state index in [1.807, 2.05) is 10.7 Å². The molecule has 0 amide bonds. The van der Waals surface area contributed by atoms with Crippen LogP contribution < -0.4 is 0 Å². The van der Waals surface area contributed by atoms with Crippen LogP contribution in [0.3, 0.4) is 0 Å². The number of aliphatic hydroxyl groups excluding tert-OH is 1. The number of phenolic OH excluding ortho intramolecular Hbond substituents is 1. The summed E-state index contributed by atoms with van der Waals surface area (Å²) in [6.45, 7) is 1.03. The number of aromatic hydroxyl groups is 1. The van der Waals surface area contributed by atoms with Crippen LogP contribution in [0.15, 0.2) is 24.4 Å². The van der Waals surface area contributed by atoms with Gasteiger partial charge in [0.2, 0.25) is 0 Å². The smallest absolute Gasteiger partial charge is 0.150 e. The van der Waals surface area contributed by atoms with Gasteiger partial charge in [0.25, 0.3) is 0 Å². The maximum atomic E-state index is 9.87. The molecule has 0 saturated carbocycles. The molecule has 1 aliphatic heterocycles. The standard InChI is InChI=1S/C16H19N5O3/c22-7-6-20-17-10-13(18-20)16-12-9-11(23)4-5-14(12)21(19-16)15-3-1-2-8-24-15/h4-5,9-10,15,22-23H,1-3,6-8H2. The third kappa shape index (κ3) is 2.63. The van der Waals surface area contributed by atoms with Gasteiger partial charge in [0, 0.05) is 12.0 Å². The summed E-state index contributed by atoms with van der Waals surface area (Å²) in [4.78, 5) is 1.43. The summed E-state index contributed by atoms with van der Waals surface area (Å²) in [5.74, 6) is 0.176. The molecule has 0 radical (unpaired) electrons. The number of hydrogen-bond donors (Lipinski definition) is 2. The molecule has 2 N–H and O–H groups in total. The molecule has 24 heavy (non-hydrogen) atoms. The minimum Gasteiger partial charge on any atom is -0.508 e. The second-order valence-corrected chi connectivity index (χ2v) is 5.87. The minimum absolute atomic E-state index is 0.0278. The number of ether oxygens (including phenoxy) is 1. The Morgan fingerprint density at radius 2 is 2.17 bits per heavy atom. The van der Waals surface area contributed by atoms with E-state index in [0.717, 1.165) is 36.8 Å². The second-order valence-electron chi connectivity index (χ2n) is 5.87. The molecule has 3 aromatic rings. The molecule has 0 bridgehead atoms. The largest absolute Gasteiger partial charge is 0.508 e. The SMILES string of the molecule is OCCn1ncc(-c2nn(C3CCCCO3)c3ccc(O)cc23)n1. The molecule has 2 aromatic heterocycles. The Bertz CT molecular complexity index is 851. The van der Waals surface area contributed by atoms with Crippen molar-refractivity contribution in [3.05, 3.63) is 24.4 Å². The molecule has 1 fully saturated rings. The summed E-state index contributed by atoms with van der Waals surface area (Å²) in [6.07, 6.45) is 4.60. The van der Waals surface area contributed by atoms with Crippen LogP contribution in [-0.2, 0) is 11.3 Å². The molecule has 126 valence electrons. The number of aliphatic hydroxyl groups is 1. The van der Waals surface area contributed by atoms with Crippen molar-refractivity contribution in [1.82, 2.24) is 24.8 Å². The van der Waals surface area contributed by atoms with Crippen molar-refractivity contribution < 1.29 is 14.9 Å². The van der Waals surface area contributed by atoms with Crippen LogP contribution in [-0.4, -0.2) is 48.2 Å². The molecule has 0 aliphatic carbocycles. The number of nitrogens with zero attached hydrogens (tertiary/aromatic N) is 5. The fourth-order valence-electron chi connectivity index (χ4n) is 3.06. The quantitative estimate of drug-likeness (QED) is 0.756. The predicted molar refractivity (Wildman–Crippen MR) is 86.3 cm³/mol. The van der Waals surface area contributed by atoms with Crippen molar-refractivity contribution in [3.63, 3.8) is 0 Å². The van der Waals surface area contributed by atoms with Crippen molar-refractivity contribution in [2.24, 2.45) is 0 Å². The highest BCUT2D eigenvalue weighted by molar-refractivity contribution is 5.93. The number of benzene rings is 1. The molecule has 1 aliphatic rings. The Labute approximate surface area is 138 Å². The van der Waals surface area contributed by atoms with E-state index in [0.29, 0.717) is 17.9 Å². The normalized spacial score (nSPS) is 18.3. The lowest BCUT2D eigenvalue weighted by Gasteiger charge is -2.23. The number of fused-ring (bicyclic) bond motifs is 1. The first-order valence-corrected chi connectivity index (χ1v) is 8.10. The van der Waals surface area contributed by atoms with Crippen molar-refractivity contribution >= 4 is 10.9 Å². The summed E-state index contributed by atoms with van der Waals surface area (Å²) < 4.78 is 7.73. The number of aromatic nitrogens is 5. The van der Waals surface area contributed by atoms with Crippen molar-refractivity contribution in [2.45, 2.75) is 32.0 Å². The monoisotopic (exact) mass is 329 g/mol. The first kappa shape index (κ1) is 15.1. The van der Waals surface area contributed by atoms with Gasteiger partial charge >= 0.3 is 0 Å². The van der Waals surface area contributed by atoms with Crippen LogP contribution >= 0.6 is 0 Å². The summed E-state index contributed by atoms with van der Waals surface area (Å²) >= 11 is 0. The highest BCUT2D eigenvalue weighted by Gasteiger charge is 2.23. The van der Waals surface area contributed by atoms with E-state index in [1.165, 1.54) is 4.80 Å². The first-order valence-electron chi connectivity index (χ1n) is 8.10. The zero-order valence-electron chi connectivity index (χ0n) is 13.2. The first-order chi connectivity index (χ1) is 11.8. The highest BCUT2D eigenvalue weighted by Crippen LogP contribution is 2.33. The lowest BCUT2D eigenvalue weighted by Crippen LogP contribution is -2.19. The zero-order valence-corrected chi connectivity index (χ0v) is 13.2. The topological polar surface area (TPSA) is 98.2 Å². The van der Waals surface area contributed by atoms with Gasteiger partial charge in [-0.3, -0.25) is 0 Å². The molecule has 1 aromatic carbocycles. The highest BCUT2D eigenvalue weighted by atomic mass is 16.5. The van der Waals surface area contributed by atoms with Crippen LogP contribution in [0.25, 0.3) is 22.3 Å². The van der Waals surface area contributed by atoms with Gasteiger partial charge in [0.15, 0.2) is 6.23 Å². The third-order valence-electron chi connectivity index (χ3n) is 4.20. The van der Waals surface area contributed by atoms with Crippen molar-refractivity contribution in [1.29, 1.82) is 0 Å². The molecule has 4 rings (SSSR count). The Morgan fingerprint density at radius 1 is 1.25 bits per heavy atom. The van der Waals surface area contributed by atoms with Crippen LogP contribution in [0.4, 0.5) is 0 Å². The maximum absolute atomic E-state index is 9.87. The van der Waals surface area contributed by atoms with E-state index in [2.05, 4.69) is 10.2 Å². The van der Waals surface area contributed by atoms with E-state index in [4.69, 9.17) is 14.9 Å². The Kier molecular flexibility index (Phi) is 3.91. The molecule has 8 nitrogen and oxygen atoms in total. The number of hydrogen-bond acceptors (Lipinski definition) is 6.